The Balaban J connectivity index is 2.30. The van der Waals surface area contributed by atoms with Crippen LogP contribution in [0.3, 0.4) is 0 Å². The first-order chi connectivity index (χ1) is 9.04. The molecule has 19 heavy (non-hydrogen) atoms. The first kappa shape index (κ1) is 13.8. The molecule has 2 N–H and O–H groups in total. The summed E-state index contributed by atoms with van der Waals surface area (Å²) in [6.07, 6.45) is 2.35. The maximum Gasteiger partial charge on any atom is 0.272 e. The third kappa shape index (κ3) is 2.71. The zero-order valence-electron chi connectivity index (χ0n) is 11.5. The predicted octanol–water partition coefficient (Wildman–Crippen LogP) is 2.47. The normalized spacial score (nSPS) is 23.4. The van der Waals surface area contributed by atoms with E-state index in [-0.39, 0.29) is 10.6 Å². The zero-order valence-corrected chi connectivity index (χ0v) is 11.5. The molecule has 0 aromatic heterocycles. The van der Waals surface area contributed by atoms with Crippen molar-refractivity contribution in [1.82, 2.24) is 0 Å². The molecule has 1 fully saturated rings. The Morgan fingerprint density at radius 2 is 2.26 bits per heavy atom. The fourth-order valence-electron chi connectivity index (χ4n) is 2.95. The van der Waals surface area contributed by atoms with Gasteiger partial charge in [-0.1, -0.05) is 6.92 Å². The molecule has 0 amide bonds. The SMILES string of the molecule is Cc1cc(N2CCCC(C)C2CN)ccc1[N+](=O)[O-]. The molecule has 1 aromatic rings. The summed E-state index contributed by atoms with van der Waals surface area (Å²) in [6, 6.07) is 5.66. The van der Waals surface area contributed by atoms with E-state index in [0.717, 1.165) is 18.7 Å². The number of nitro benzene ring substituents is 1. The largest absolute Gasteiger partial charge is 0.367 e. The molecule has 1 aromatic carbocycles. The highest BCUT2D eigenvalue weighted by molar-refractivity contribution is 5.56. The summed E-state index contributed by atoms with van der Waals surface area (Å²) in [7, 11) is 0. The molecular weight excluding hydrogens is 242 g/mol. The Bertz CT molecular complexity index is 476. The number of piperidine rings is 1. The van der Waals surface area contributed by atoms with Gasteiger partial charge in [0.05, 0.1) is 4.92 Å². The van der Waals surface area contributed by atoms with E-state index in [2.05, 4.69) is 11.8 Å². The molecule has 1 aliphatic rings. The van der Waals surface area contributed by atoms with Gasteiger partial charge in [-0.3, -0.25) is 10.1 Å². The number of aryl methyl sites for hydroxylation is 1. The second-order valence-electron chi connectivity index (χ2n) is 5.34. The number of nitrogens with two attached hydrogens (primary N) is 1. The predicted molar refractivity (Wildman–Crippen MR) is 76.4 cm³/mol. The van der Waals surface area contributed by atoms with Crippen molar-refractivity contribution < 1.29 is 4.92 Å². The lowest BCUT2D eigenvalue weighted by atomic mass is 9.90. The number of anilines is 1. The summed E-state index contributed by atoms with van der Waals surface area (Å²) in [5.74, 6) is 0.564. The average Bonchev–Trinajstić information content (AvgIpc) is 2.37. The van der Waals surface area contributed by atoms with E-state index >= 15 is 0 Å². The second-order valence-corrected chi connectivity index (χ2v) is 5.34. The highest BCUT2D eigenvalue weighted by atomic mass is 16.6. The molecule has 2 unspecified atom stereocenters. The van der Waals surface area contributed by atoms with Gasteiger partial charge < -0.3 is 10.6 Å². The van der Waals surface area contributed by atoms with Crippen LogP contribution in [-0.4, -0.2) is 24.1 Å². The zero-order chi connectivity index (χ0) is 14.0. The highest BCUT2D eigenvalue weighted by Gasteiger charge is 2.28. The van der Waals surface area contributed by atoms with Crippen molar-refractivity contribution in [2.24, 2.45) is 11.7 Å². The van der Waals surface area contributed by atoms with Gasteiger partial charge >= 0.3 is 0 Å². The minimum Gasteiger partial charge on any atom is -0.367 e. The molecule has 1 aliphatic heterocycles. The van der Waals surface area contributed by atoms with Crippen LogP contribution in [0.2, 0.25) is 0 Å². The van der Waals surface area contributed by atoms with E-state index in [9.17, 15) is 10.1 Å². The second kappa shape index (κ2) is 5.57. The number of nitrogens with zero attached hydrogens (tertiary/aromatic N) is 2. The summed E-state index contributed by atoms with van der Waals surface area (Å²) >= 11 is 0. The fourth-order valence-corrected chi connectivity index (χ4v) is 2.95. The van der Waals surface area contributed by atoms with Gasteiger partial charge in [-0.25, -0.2) is 0 Å². The summed E-state index contributed by atoms with van der Waals surface area (Å²) in [5, 5.41) is 10.9. The summed E-state index contributed by atoms with van der Waals surface area (Å²) in [6.45, 7) is 5.61. The molecule has 5 heteroatoms. The van der Waals surface area contributed by atoms with Crippen molar-refractivity contribution in [3.05, 3.63) is 33.9 Å². The highest BCUT2D eigenvalue weighted by Crippen LogP contribution is 2.31. The van der Waals surface area contributed by atoms with E-state index in [1.54, 1.807) is 13.0 Å². The maximum absolute atomic E-state index is 10.9. The molecule has 0 radical (unpaired) electrons. The lowest BCUT2D eigenvalue weighted by Crippen LogP contribution is -2.48. The Hall–Kier alpha value is -1.62. The molecule has 0 spiro atoms. The number of nitro groups is 1. The van der Waals surface area contributed by atoms with Gasteiger partial charge in [0.15, 0.2) is 0 Å². The van der Waals surface area contributed by atoms with E-state index in [4.69, 9.17) is 5.73 Å². The monoisotopic (exact) mass is 263 g/mol. The summed E-state index contributed by atoms with van der Waals surface area (Å²) in [4.78, 5) is 12.8. The first-order valence-corrected chi connectivity index (χ1v) is 6.76. The van der Waals surface area contributed by atoms with Gasteiger partial charge in [-0.05, 0) is 37.8 Å². The van der Waals surface area contributed by atoms with Crippen LogP contribution in [0.5, 0.6) is 0 Å². The Kier molecular flexibility index (Phi) is 4.04. The topological polar surface area (TPSA) is 72.4 Å². The Morgan fingerprint density at radius 3 is 2.84 bits per heavy atom. The van der Waals surface area contributed by atoms with Crippen molar-refractivity contribution in [2.45, 2.75) is 32.7 Å². The molecule has 0 aliphatic carbocycles. The molecule has 0 bridgehead atoms. The minimum absolute atomic E-state index is 0.179. The van der Waals surface area contributed by atoms with Crippen molar-refractivity contribution >= 4 is 11.4 Å². The molecule has 2 rings (SSSR count). The molecule has 104 valence electrons. The number of benzene rings is 1. The summed E-state index contributed by atoms with van der Waals surface area (Å²) in [5.41, 5.74) is 7.82. The van der Waals surface area contributed by atoms with Gasteiger partial charge in [0.1, 0.15) is 0 Å². The van der Waals surface area contributed by atoms with Crippen molar-refractivity contribution in [2.75, 3.05) is 18.0 Å². The molecule has 0 saturated carbocycles. The molecular formula is C14H21N3O2. The lowest BCUT2D eigenvalue weighted by molar-refractivity contribution is -0.385. The molecule has 1 saturated heterocycles. The Morgan fingerprint density at radius 1 is 1.53 bits per heavy atom. The summed E-state index contributed by atoms with van der Waals surface area (Å²) < 4.78 is 0. The van der Waals surface area contributed by atoms with Crippen LogP contribution in [0.15, 0.2) is 18.2 Å². The molecule has 1 heterocycles. The first-order valence-electron chi connectivity index (χ1n) is 6.76. The van der Waals surface area contributed by atoms with Crippen LogP contribution in [0.1, 0.15) is 25.3 Å². The van der Waals surface area contributed by atoms with Crippen LogP contribution in [0, 0.1) is 23.0 Å². The van der Waals surface area contributed by atoms with E-state index < -0.39 is 0 Å². The van der Waals surface area contributed by atoms with Crippen LogP contribution in [0.25, 0.3) is 0 Å². The smallest absolute Gasteiger partial charge is 0.272 e. The Labute approximate surface area is 113 Å². The van der Waals surface area contributed by atoms with Crippen molar-refractivity contribution in [1.29, 1.82) is 0 Å². The quantitative estimate of drug-likeness (QED) is 0.671. The lowest BCUT2D eigenvalue weighted by Gasteiger charge is -2.41. The van der Waals surface area contributed by atoms with Gasteiger partial charge in [0, 0.05) is 36.4 Å². The van der Waals surface area contributed by atoms with E-state index in [1.165, 1.54) is 6.42 Å². The maximum atomic E-state index is 10.9. The van der Waals surface area contributed by atoms with Gasteiger partial charge in [0.2, 0.25) is 0 Å². The van der Waals surface area contributed by atoms with Crippen LogP contribution in [0.4, 0.5) is 11.4 Å². The van der Waals surface area contributed by atoms with Gasteiger partial charge in [0.25, 0.3) is 5.69 Å². The van der Waals surface area contributed by atoms with E-state index in [0.29, 0.717) is 24.1 Å². The third-order valence-corrected chi connectivity index (χ3v) is 4.07. The van der Waals surface area contributed by atoms with Crippen LogP contribution in [-0.2, 0) is 0 Å². The average molecular weight is 263 g/mol. The fraction of sp³-hybridized carbons (Fsp3) is 0.571. The van der Waals surface area contributed by atoms with E-state index in [1.807, 2.05) is 12.1 Å². The molecule has 2 atom stereocenters. The standard InChI is InChI=1S/C14H21N3O2/c1-10-4-3-7-16(14(10)9-15)12-5-6-13(17(18)19)11(2)8-12/h5-6,8,10,14H,3-4,7,9,15H2,1-2H3. The van der Waals surface area contributed by atoms with Crippen molar-refractivity contribution in [3.63, 3.8) is 0 Å². The van der Waals surface area contributed by atoms with Crippen LogP contribution >= 0.6 is 0 Å². The van der Waals surface area contributed by atoms with Crippen LogP contribution < -0.4 is 10.6 Å². The molecule has 5 nitrogen and oxygen atoms in total. The number of hydrogen-bond acceptors (Lipinski definition) is 4. The number of rotatable bonds is 3. The third-order valence-electron chi connectivity index (χ3n) is 4.07. The van der Waals surface area contributed by atoms with Crippen molar-refractivity contribution in [3.8, 4) is 0 Å². The van der Waals surface area contributed by atoms with Gasteiger partial charge in [-0.15, -0.1) is 0 Å². The minimum atomic E-state index is -0.335. The number of hydrogen-bond donors (Lipinski definition) is 1. The van der Waals surface area contributed by atoms with Gasteiger partial charge in [-0.2, -0.15) is 0 Å².